The minimum Gasteiger partial charge on any atom is -0.479 e. The molecule has 0 saturated carbocycles. The lowest BCUT2D eigenvalue weighted by Gasteiger charge is -2.30. The number of hydrogen-bond donors (Lipinski definition) is 5. The highest BCUT2D eigenvalue weighted by atomic mass is 35.5. The number of ether oxygens (including phenoxy) is 2. The molecule has 0 aliphatic carbocycles. The number of aliphatic hydroxyl groups excluding tert-OH is 1. The molecule has 13 nitrogen and oxygen atoms in total. The Morgan fingerprint density at radius 1 is 1.26 bits per heavy atom. The molecule has 0 bridgehead atoms. The van der Waals surface area contributed by atoms with Gasteiger partial charge >= 0.3 is 11.9 Å². The number of aromatic nitrogens is 4. The SMILES string of the molecule is CO[C@H](COC(Cc1cccc(N)c1)(C(=O)O)C(=O)O)[C@@H](O)[C@H](F)n1cnc2c(N)nc(Cl)nc21. The number of carbonyl (C=O) groups is 2. The average molecular weight is 513 g/mol. The Morgan fingerprint density at radius 3 is 2.54 bits per heavy atom. The van der Waals surface area contributed by atoms with Crippen molar-refractivity contribution in [3.63, 3.8) is 0 Å². The summed E-state index contributed by atoms with van der Waals surface area (Å²) < 4.78 is 26.4. The average Bonchev–Trinajstić information content (AvgIpc) is 3.21. The largest absolute Gasteiger partial charge is 0.479 e. The van der Waals surface area contributed by atoms with Crippen molar-refractivity contribution >= 4 is 46.2 Å². The molecule has 7 N–H and O–H groups in total. The quantitative estimate of drug-likeness (QED) is 0.136. The zero-order valence-electron chi connectivity index (χ0n) is 18.2. The van der Waals surface area contributed by atoms with E-state index >= 15 is 4.39 Å². The van der Waals surface area contributed by atoms with Crippen LogP contribution < -0.4 is 11.5 Å². The van der Waals surface area contributed by atoms with Crippen molar-refractivity contribution in [3.8, 4) is 0 Å². The Balaban J connectivity index is 1.85. The zero-order valence-corrected chi connectivity index (χ0v) is 19.0. The van der Waals surface area contributed by atoms with Gasteiger partial charge in [-0.25, -0.2) is 19.0 Å². The van der Waals surface area contributed by atoms with Crippen LogP contribution in [0.4, 0.5) is 15.9 Å². The molecule has 35 heavy (non-hydrogen) atoms. The van der Waals surface area contributed by atoms with Gasteiger partial charge in [0.2, 0.25) is 11.6 Å². The fourth-order valence-electron chi connectivity index (χ4n) is 3.37. The zero-order chi connectivity index (χ0) is 25.9. The molecule has 0 fully saturated rings. The van der Waals surface area contributed by atoms with E-state index in [2.05, 4.69) is 15.0 Å². The molecule has 2 heterocycles. The Kier molecular flexibility index (Phi) is 7.70. The van der Waals surface area contributed by atoms with Gasteiger partial charge in [-0.2, -0.15) is 9.97 Å². The predicted octanol–water partition coefficient (Wildman–Crippen LogP) is 0.655. The summed E-state index contributed by atoms with van der Waals surface area (Å²) in [6.07, 6.45) is -5.31. The van der Waals surface area contributed by atoms with E-state index < -0.39 is 49.1 Å². The second-order valence-electron chi connectivity index (χ2n) is 7.51. The number of nitrogens with two attached hydrogens (primary N) is 2. The van der Waals surface area contributed by atoms with Crippen molar-refractivity contribution in [2.45, 2.75) is 30.5 Å². The number of alkyl halides is 1. The summed E-state index contributed by atoms with van der Waals surface area (Å²) in [5, 5.41) is 29.7. The van der Waals surface area contributed by atoms with Gasteiger partial charge in [0.1, 0.15) is 17.7 Å². The summed E-state index contributed by atoms with van der Waals surface area (Å²) in [5.41, 5.74) is 9.09. The standard InChI is InChI=1S/C20H22ClFN6O7/c1-34-11(13(29)14(22)28-8-25-12-15(24)26-19(21)27-16(12)28)7-35-20(17(30)31,18(32)33)6-9-3-2-4-10(23)5-9/h2-5,8,11,13-14,29H,6-7,23H2,1H3,(H,30,31)(H,32,33)(H2,24,26,27)/t11-,13-,14-/m1/s1. The number of nitrogens with zero attached hydrogens (tertiary/aromatic N) is 4. The molecule has 0 saturated heterocycles. The number of aliphatic carboxylic acids is 2. The van der Waals surface area contributed by atoms with Gasteiger partial charge in [0.05, 0.1) is 12.9 Å². The Labute approximate surface area is 202 Å². The number of carboxylic acids is 2. The fourth-order valence-corrected chi connectivity index (χ4v) is 3.54. The van der Waals surface area contributed by atoms with Crippen molar-refractivity contribution in [1.29, 1.82) is 0 Å². The van der Waals surface area contributed by atoms with Gasteiger partial charge in [-0.15, -0.1) is 0 Å². The molecular weight excluding hydrogens is 491 g/mol. The van der Waals surface area contributed by atoms with Crippen LogP contribution in [-0.4, -0.2) is 78.3 Å². The normalized spacial score (nSPS) is 14.5. The smallest absolute Gasteiger partial charge is 0.348 e. The van der Waals surface area contributed by atoms with E-state index in [1.807, 2.05) is 0 Å². The van der Waals surface area contributed by atoms with Gasteiger partial charge in [0.15, 0.2) is 11.5 Å². The Bertz CT molecular complexity index is 1230. The van der Waals surface area contributed by atoms with E-state index in [9.17, 15) is 24.9 Å². The Morgan fingerprint density at radius 2 is 1.94 bits per heavy atom. The first-order chi connectivity index (χ1) is 16.5. The number of imidazole rings is 1. The van der Waals surface area contributed by atoms with Gasteiger partial charge in [0.25, 0.3) is 5.60 Å². The second-order valence-corrected chi connectivity index (χ2v) is 7.85. The summed E-state index contributed by atoms with van der Waals surface area (Å²) >= 11 is 5.77. The summed E-state index contributed by atoms with van der Waals surface area (Å²) in [7, 11) is 1.11. The number of nitrogen functional groups attached to an aromatic ring is 2. The van der Waals surface area contributed by atoms with E-state index in [0.29, 0.717) is 0 Å². The minimum atomic E-state index is -2.77. The van der Waals surface area contributed by atoms with Gasteiger partial charge in [-0.1, -0.05) is 12.1 Å². The van der Waals surface area contributed by atoms with Gasteiger partial charge in [-0.3, -0.25) is 4.57 Å². The number of rotatable bonds is 11. The van der Waals surface area contributed by atoms with E-state index in [1.54, 1.807) is 0 Å². The molecule has 0 aliphatic rings. The van der Waals surface area contributed by atoms with Crippen LogP contribution in [0.2, 0.25) is 5.28 Å². The van der Waals surface area contributed by atoms with Crippen LogP contribution in [0.25, 0.3) is 11.2 Å². The maximum absolute atomic E-state index is 15.3. The Hall–Kier alpha value is -3.59. The van der Waals surface area contributed by atoms with Crippen molar-refractivity contribution in [3.05, 3.63) is 41.4 Å². The van der Waals surface area contributed by atoms with Gasteiger partial charge in [-0.05, 0) is 29.3 Å². The third-order valence-electron chi connectivity index (χ3n) is 5.24. The summed E-state index contributed by atoms with van der Waals surface area (Å²) in [4.78, 5) is 35.4. The fraction of sp³-hybridized carbons (Fsp3) is 0.350. The molecule has 2 aromatic heterocycles. The number of halogens is 2. The van der Waals surface area contributed by atoms with Gasteiger partial charge < -0.3 is 36.3 Å². The first kappa shape index (κ1) is 26.0. The number of benzene rings is 1. The van der Waals surface area contributed by atoms with E-state index in [4.69, 9.17) is 32.5 Å². The highest BCUT2D eigenvalue weighted by Crippen LogP contribution is 2.27. The number of hydrogen-bond acceptors (Lipinski definition) is 10. The second kappa shape index (κ2) is 10.4. The number of fused-ring (bicyclic) bond motifs is 1. The predicted molar refractivity (Wildman–Crippen MR) is 120 cm³/mol. The maximum atomic E-state index is 15.3. The number of carboxylic acid groups (broad SMARTS) is 2. The van der Waals surface area contributed by atoms with Crippen LogP contribution in [-0.2, 0) is 25.5 Å². The monoisotopic (exact) mass is 512 g/mol. The molecule has 188 valence electrons. The highest BCUT2D eigenvalue weighted by Gasteiger charge is 2.49. The van der Waals surface area contributed by atoms with E-state index in [-0.39, 0.29) is 33.5 Å². The number of aliphatic hydroxyl groups is 1. The topological polar surface area (TPSA) is 209 Å². The van der Waals surface area contributed by atoms with Crippen molar-refractivity contribution in [2.24, 2.45) is 0 Å². The molecule has 1 aromatic carbocycles. The van der Waals surface area contributed by atoms with Crippen LogP contribution in [0.3, 0.4) is 0 Å². The lowest BCUT2D eigenvalue weighted by atomic mass is 9.94. The van der Waals surface area contributed by atoms with Crippen LogP contribution in [0, 0.1) is 0 Å². The van der Waals surface area contributed by atoms with Crippen molar-refractivity contribution in [2.75, 3.05) is 25.2 Å². The van der Waals surface area contributed by atoms with Crippen molar-refractivity contribution in [1.82, 2.24) is 19.5 Å². The van der Waals surface area contributed by atoms with Crippen molar-refractivity contribution < 1.29 is 38.8 Å². The molecule has 0 unspecified atom stereocenters. The van der Waals surface area contributed by atoms with Crippen LogP contribution in [0.1, 0.15) is 11.9 Å². The van der Waals surface area contributed by atoms with Crippen LogP contribution in [0.15, 0.2) is 30.6 Å². The third kappa shape index (κ3) is 5.24. The molecule has 0 amide bonds. The molecule has 0 aliphatic heterocycles. The first-order valence-electron chi connectivity index (χ1n) is 9.95. The van der Waals surface area contributed by atoms with Crippen LogP contribution >= 0.6 is 11.6 Å². The number of anilines is 2. The number of methoxy groups -OCH3 is 1. The highest BCUT2D eigenvalue weighted by molar-refractivity contribution is 6.28. The maximum Gasteiger partial charge on any atom is 0.348 e. The summed E-state index contributed by atoms with van der Waals surface area (Å²) in [6.45, 7) is -0.802. The first-order valence-corrected chi connectivity index (χ1v) is 10.3. The minimum absolute atomic E-state index is 0.0346. The third-order valence-corrected chi connectivity index (χ3v) is 5.41. The van der Waals surface area contributed by atoms with E-state index in [0.717, 1.165) is 18.0 Å². The van der Waals surface area contributed by atoms with Crippen LogP contribution in [0.5, 0.6) is 0 Å². The molecule has 3 rings (SSSR count). The molecule has 15 heteroatoms. The molecule has 0 spiro atoms. The lowest BCUT2D eigenvalue weighted by Crippen LogP contribution is -2.53. The molecular formula is C20H22ClFN6O7. The molecule has 3 atom stereocenters. The summed E-state index contributed by atoms with van der Waals surface area (Å²) in [6, 6.07) is 5.93. The lowest BCUT2D eigenvalue weighted by molar-refractivity contribution is -0.192. The molecule has 3 aromatic rings. The van der Waals surface area contributed by atoms with E-state index in [1.165, 1.54) is 24.3 Å². The van der Waals surface area contributed by atoms with Gasteiger partial charge in [0, 0.05) is 19.2 Å². The summed E-state index contributed by atoms with van der Waals surface area (Å²) in [5.74, 6) is -3.73. The molecule has 0 radical (unpaired) electrons.